The molecule has 4 aromatic rings. The van der Waals surface area contributed by atoms with Gasteiger partial charge in [0.05, 0.1) is 0 Å². The number of unbranched alkanes of at least 4 members (excludes halogenated alkanes) is 2. The summed E-state index contributed by atoms with van der Waals surface area (Å²) in [4.78, 5) is 43.3. The zero-order valence-corrected chi connectivity index (χ0v) is 28.1. The molecule has 0 atom stereocenters. The second-order valence-electron chi connectivity index (χ2n) is 12.2. The van der Waals surface area contributed by atoms with E-state index in [1.807, 2.05) is 74.5 Å². The van der Waals surface area contributed by atoms with Crippen LogP contribution < -0.4 is 14.2 Å². The monoisotopic (exact) mass is 647 g/mol. The van der Waals surface area contributed by atoms with E-state index >= 15 is 0 Å². The molecular formula is C41H45NO6. The second-order valence-corrected chi connectivity index (χ2v) is 12.2. The Morgan fingerprint density at radius 2 is 1.48 bits per heavy atom. The Kier molecular flexibility index (Phi) is 12.5. The van der Waals surface area contributed by atoms with Gasteiger partial charge in [0.2, 0.25) is 0 Å². The van der Waals surface area contributed by atoms with Gasteiger partial charge in [0.25, 0.3) is 0 Å². The third kappa shape index (κ3) is 9.18. The van der Waals surface area contributed by atoms with Gasteiger partial charge < -0.3 is 14.2 Å². The molecule has 0 aromatic heterocycles. The second kappa shape index (κ2) is 17.4. The highest BCUT2D eigenvalue weighted by Crippen LogP contribution is 2.43. The summed E-state index contributed by atoms with van der Waals surface area (Å²) < 4.78 is 17.5. The van der Waals surface area contributed by atoms with Gasteiger partial charge in [-0.15, -0.1) is 0 Å². The summed E-state index contributed by atoms with van der Waals surface area (Å²) in [5, 5.41) is 1.75. The summed E-state index contributed by atoms with van der Waals surface area (Å²) in [6.07, 6.45) is 10.1. The van der Waals surface area contributed by atoms with Crippen LogP contribution in [0.5, 0.6) is 17.2 Å². The Morgan fingerprint density at radius 1 is 0.750 bits per heavy atom. The number of hydrogen-bond acceptors (Lipinski definition) is 7. The lowest BCUT2D eigenvalue weighted by Gasteiger charge is -2.19. The number of benzene rings is 4. The maximum atomic E-state index is 13.9. The van der Waals surface area contributed by atoms with Crippen LogP contribution in [0.3, 0.4) is 0 Å². The van der Waals surface area contributed by atoms with Gasteiger partial charge in [-0.2, -0.15) is 0 Å². The minimum atomic E-state index is -0.265. The molecule has 0 fully saturated rings. The van der Waals surface area contributed by atoms with Crippen LogP contribution in [0.15, 0.2) is 77.8 Å². The molecule has 2 bridgehead atoms. The molecule has 0 radical (unpaired) electrons. The number of aliphatic imine (C=N–C) groups is 1. The summed E-state index contributed by atoms with van der Waals surface area (Å²) in [7, 11) is 0. The van der Waals surface area contributed by atoms with Crippen LogP contribution in [0.2, 0.25) is 0 Å². The van der Waals surface area contributed by atoms with Crippen molar-refractivity contribution in [2.45, 2.75) is 84.5 Å². The fourth-order valence-corrected chi connectivity index (χ4v) is 5.95. The van der Waals surface area contributed by atoms with Gasteiger partial charge in [0.1, 0.15) is 23.9 Å². The lowest BCUT2D eigenvalue weighted by atomic mass is 9.86. The van der Waals surface area contributed by atoms with E-state index in [9.17, 15) is 14.4 Å². The van der Waals surface area contributed by atoms with Gasteiger partial charge in [0.15, 0.2) is 5.78 Å². The Morgan fingerprint density at radius 3 is 2.25 bits per heavy atom. The maximum Gasteiger partial charge on any atom is 0.311 e. The average Bonchev–Trinajstić information content (AvgIpc) is 3.10. The topological polar surface area (TPSA) is 91.3 Å². The largest absolute Gasteiger partial charge is 0.488 e. The van der Waals surface area contributed by atoms with Crippen LogP contribution in [0.1, 0.15) is 94.8 Å². The number of ether oxygens (including phenoxy) is 3. The number of ketones is 1. The molecule has 2 heterocycles. The predicted molar refractivity (Wildman–Crippen MR) is 191 cm³/mol. The molecule has 0 amide bonds. The Hall–Kier alpha value is -4.78. The zero-order valence-electron chi connectivity index (χ0n) is 28.1. The van der Waals surface area contributed by atoms with Gasteiger partial charge in [-0.3, -0.25) is 19.4 Å². The highest BCUT2D eigenvalue weighted by Gasteiger charge is 2.21. The molecule has 0 saturated carbocycles. The fourth-order valence-electron chi connectivity index (χ4n) is 5.95. The number of nitrogens with zero attached hydrogens (tertiary/aromatic N) is 1. The van der Waals surface area contributed by atoms with Crippen molar-refractivity contribution in [1.82, 2.24) is 0 Å². The van der Waals surface area contributed by atoms with Gasteiger partial charge >= 0.3 is 11.9 Å². The van der Waals surface area contributed by atoms with Crippen LogP contribution in [0.25, 0.3) is 33.0 Å². The zero-order chi connectivity index (χ0) is 33.7. The van der Waals surface area contributed by atoms with Crippen molar-refractivity contribution >= 4 is 34.7 Å². The minimum Gasteiger partial charge on any atom is -0.488 e. The molecule has 2 aliphatic heterocycles. The lowest BCUT2D eigenvalue weighted by molar-refractivity contribution is -0.135. The van der Waals surface area contributed by atoms with Crippen molar-refractivity contribution in [3.8, 4) is 39.5 Å². The number of fused-ring (bicyclic) bond motifs is 12. The van der Waals surface area contributed by atoms with E-state index in [4.69, 9.17) is 14.2 Å². The molecule has 48 heavy (non-hydrogen) atoms. The van der Waals surface area contributed by atoms with Gasteiger partial charge in [-0.05, 0) is 101 Å². The van der Waals surface area contributed by atoms with Crippen molar-refractivity contribution in [2.75, 3.05) is 13.2 Å². The third-order valence-corrected chi connectivity index (χ3v) is 8.52. The van der Waals surface area contributed by atoms with Crippen molar-refractivity contribution in [3.63, 3.8) is 0 Å². The molecule has 7 heteroatoms. The van der Waals surface area contributed by atoms with Crippen LogP contribution in [0.4, 0.5) is 0 Å². The van der Waals surface area contributed by atoms with Crippen LogP contribution >= 0.6 is 0 Å². The van der Waals surface area contributed by atoms with E-state index in [0.29, 0.717) is 48.7 Å². The number of carbonyl (C=O) groups is 3. The summed E-state index contributed by atoms with van der Waals surface area (Å²) in [5.41, 5.74) is 3.93. The van der Waals surface area contributed by atoms with Gasteiger partial charge in [-0.1, -0.05) is 69.9 Å². The molecule has 250 valence electrons. The number of hydrogen-bond donors (Lipinski definition) is 0. The average molecular weight is 648 g/mol. The van der Waals surface area contributed by atoms with E-state index in [-0.39, 0.29) is 17.7 Å². The van der Waals surface area contributed by atoms with E-state index in [0.717, 1.165) is 90.9 Å². The summed E-state index contributed by atoms with van der Waals surface area (Å²) in [5.74, 6) is 1.12. The standard InChI is InChI=1S/C41H45NO6/c1-3-5-15-39(44)47-32-13-11-12-29(26-32)34-20-17-30-27-33(48-40(45)16-6-4-2)19-21-35(30)41(34)37-28-31-18-22-36(37)38(43)14-9-7-8-10-23-42-24-25-46-31/h11-13,17-22,24,26-28H,3-10,14-16,23,25H2,1-2H3. The molecule has 4 aromatic carbocycles. The SMILES string of the molecule is CCCCC(=O)Oc1cccc(-c2ccc3cc(OC(=O)CCCC)ccc3c2-c2cc3ccc2C(=O)CCCCCCN=CCO3)c1. The van der Waals surface area contributed by atoms with E-state index in [1.54, 1.807) is 18.3 Å². The van der Waals surface area contributed by atoms with Crippen molar-refractivity contribution in [1.29, 1.82) is 0 Å². The highest BCUT2D eigenvalue weighted by atomic mass is 16.5. The lowest BCUT2D eigenvalue weighted by Crippen LogP contribution is -2.07. The van der Waals surface area contributed by atoms with Gasteiger partial charge in [0, 0.05) is 37.6 Å². The van der Waals surface area contributed by atoms with Gasteiger partial charge in [-0.25, -0.2) is 0 Å². The maximum absolute atomic E-state index is 13.9. The molecule has 6 rings (SSSR count). The number of rotatable bonds is 10. The summed E-state index contributed by atoms with van der Waals surface area (Å²) in [6, 6.07) is 22.8. The number of carbonyl (C=O) groups excluding carboxylic acids is 3. The number of Topliss-reactive ketones (excluding diaryl/α,β-unsaturated/α-hetero) is 1. The van der Waals surface area contributed by atoms with Crippen molar-refractivity contribution in [2.24, 2.45) is 4.99 Å². The van der Waals surface area contributed by atoms with E-state index < -0.39 is 0 Å². The molecule has 2 aliphatic rings. The first-order valence-electron chi connectivity index (χ1n) is 17.3. The molecule has 0 aliphatic carbocycles. The van der Waals surface area contributed by atoms with Crippen LogP contribution in [-0.2, 0) is 9.59 Å². The van der Waals surface area contributed by atoms with Crippen LogP contribution in [0, 0.1) is 0 Å². The molecule has 0 unspecified atom stereocenters. The fraction of sp³-hybridized carbons (Fsp3) is 0.366. The first kappa shape index (κ1) is 34.6. The minimum absolute atomic E-state index is 0.0747. The first-order chi connectivity index (χ1) is 23.5. The molecule has 7 nitrogen and oxygen atoms in total. The quantitative estimate of drug-likeness (QED) is 0.126. The first-order valence-corrected chi connectivity index (χ1v) is 17.3. The molecule has 0 N–H and O–H groups in total. The molecule has 0 spiro atoms. The van der Waals surface area contributed by atoms with Crippen molar-refractivity contribution in [3.05, 3.63) is 78.4 Å². The van der Waals surface area contributed by atoms with Crippen molar-refractivity contribution < 1.29 is 28.6 Å². The normalized spacial score (nSPS) is 13.8. The Labute approximate surface area is 283 Å². The van der Waals surface area contributed by atoms with E-state index in [1.165, 1.54) is 0 Å². The van der Waals surface area contributed by atoms with Crippen LogP contribution in [-0.4, -0.2) is 37.1 Å². The third-order valence-electron chi connectivity index (χ3n) is 8.52. The molecule has 0 saturated heterocycles. The predicted octanol–water partition coefficient (Wildman–Crippen LogP) is 9.96. The Bertz CT molecular complexity index is 1770. The Balaban J connectivity index is 1.66. The smallest absolute Gasteiger partial charge is 0.311 e. The summed E-state index contributed by atoms with van der Waals surface area (Å²) >= 11 is 0. The summed E-state index contributed by atoms with van der Waals surface area (Å²) in [6.45, 7) is 5.16. The van der Waals surface area contributed by atoms with E-state index in [2.05, 4.69) is 4.99 Å². The highest BCUT2D eigenvalue weighted by molar-refractivity contribution is 6.11. The molecular weight excluding hydrogens is 602 g/mol. The number of esters is 2.